The highest BCUT2D eigenvalue weighted by molar-refractivity contribution is 5.71. The number of esters is 3. The number of hydrogen-bond donors (Lipinski definition) is 0. The number of carbonyl (C=O) groups is 3. The van der Waals surface area contributed by atoms with E-state index in [1.807, 2.05) is 0 Å². The average molecular weight is 920 g/mol. The monoisotopic (exact) mass is 919 g/mol. The molecule has 0 saturated heterocycles. The first-order valence-electron chi connectivity index (χ1n) is 29.2. The van der Waals surface area contributed by atoms with Crippen molar-refractivity contribution in [1.82, 2.24) is 0 Å². The van der Waals surface area contributed by atoms with Crippen LogP contribution in [0.1, 0.15) is 330 Å². The van der Waals surface area contributed by atoms with Gasteiger partial charge in [-0.15, -0.1) is 0 Å². The largest absolute Gasteiger partial charge is 0.462 e. The molecule has 0 rings (SSSR count). The third-order valence-electron chi connectivity index (χ3n) is 13.5. The van der Waals surface area contributed by atoms with Crippen LogP contribution < -0.4 is 0 Å². The summed E-state index contributed by atoms with van der Waals surface area (Å²) in [5.74, 6) is 0.828. The van der Waals surface area contributed by atoms with Gasteiger partial charge in [-0.05, 0) is 31.1 Å². The fourth-order valence-corrected chi connectivity index (χ4v) is 9.05. The van der Waals surface area contributed by atoms with E-state index in [9.17, 15) is 14.4 Å². The summed E-state index contributed by atoms with van der Waals surface area (Å²) >= 11 is 0. The van der Waals surface area contributed by atoms with Gasteiger partial charge in [-0.3, -0.25) is 14.4 Å². The van der Waals surface area contributed by atoms with Crippen LogP contribution in [0.5, 0.6) is 0 Å². The second-order valence-corrected chi connectivity index (χ2v) is 21.2. The molecule has 6 heteroatoms. The second-order valence-electron chi connectivity index (χ2n) is 21.2. The van der Waals surface area contributed by atoms with E-state index in [1.165, 1.54) is 218 Å². The minimum absolute atomic E-state index is 0.0626. The molecule has 65 heavy (non-hydrogen) atoms. The smallest absolute Gasteiger partial charge is 0.306 e. The van der Waals surface area contributed by atoms with E-state index in [1.54, 1.807) is 0 Å². The highest BCUT2D eigenvalue weighted by Gasteiger charge is 2.19. The molecule has 0 fully saturated rings. The number of unbranched alkanes of at least 4 members (excludes halogenated alkanes) is 38. The predicted octanol–water partition coefficient (Wildman–Crippen LogP) is 19.3. The maximum absolute atomic E-state index is 12.9. The molecule has 0 spiro atoms. The van der Waals surface area contributed by atoms with E-state index in [0.717, 1.165) is 69.6 Å². The number of hydrogen-bond acceptors (Lipinski definition) is 6. The van der Waals surface area contributed by atoms with Gasteiger partial charge in [0.05, 0.1) is 0 Å². The summed E-state index contributed by atoms with van der Waals surface area (Å²) in [4.78, 5) is 38.1. The third kappa shape index (κ3) is 53.2. The highest BCUT2D eigenvalue weighted by atomic mass is 16.6. The second kappa shape index (κ2) is 51.8. The summed E-state index contributed by atoms with van der Waals surface area (Å²) in [6.07, 6.45) is 55.2. The molecule has 386 valence electrons. The molecular formula is C59H114O6. The standard InChI is InChI=1S/C59H114O6/c1-6-7-8-9-10-11-12-13-14-17-20-23-29-34-39-44-49-57(60)63-52-56(53-64-58(61)50-45-40-35-30-26-25-28-33-38-43-48-55(4)5)65-59(62)51-46-41-36-31-24-21-18-15-16-19-22-27-32-37-42-47-54(2)3/h54-56H,6-53H2,1-5H3/t56-/m0/s1. The molecule has 0 aromatic carbocycles. The van der Waals surface area contributed by atoms with Crippen LogP contribution in [-0.4, -0.2) is 37.2 Å². The van der Waals surface area contributed by atoms with Gasteiger partial charge >= 0.3 is 17.9 Å². The third-order valence-corrected chi connectivity index (χ3v) is 13.5. The Hall–Kier alpha value is -1.59. The van der Waals surface area contributed by atoms with Crippen LogP contribution in [0, 0.1) is 11.8 Å². The van der Waals surface area contributed by atoms with E-state index in [-0.39, 0.29) is 31.1 Å². The Morgan fingerprint density at radius 1 is 0.292 bits per heavy atom. The van der Waals surface area contributed by atoms with Crippen molar-refractivity contribution < 1.29 is 28.6 Å². The molecule has 0 bridgehead atoms. The van der Waals surface area contributed by atoms with Crippen LogP contribution in [-0.2, 0) is 28.6 Å². The molecule has 0 radical (unpaired) electrons. The van der Waals surface area contributed by atoms with E-state index >= 15 is 0 Å². The first kappa shape index (κ1) is 63.4. The van der Waals surface area contributed by atoms with Gasteiger partial charge in [0.25, 0.3) is 0 Å². The van der Waals surface area contributed by atoms with Crippen molar-refractivity contribution in [2.45, 2.75) is 336 Å². The Morgan fingerprint density at radius 2 is 0.508 bits per heavy atom. The summed E-state index contributed by atoms with van der Waals surface area (Å²) in [6, 6.07) is 0. The van der Waals surface area contributed by atoms with Crippen molar-refractivity contribution in [3.63, 3.8) is 0 Å². The summed E-state index contributed by atoms with van der Waals surface area (Å²) in [7, 11) is 0. The Kier molecular flexibility index (Phi) is 50.5. The topological polar surface area (TPSA) is 78.9 Å². The lowest BCUT2D eigenvalue weighted by Gasteiger charge is -2.18. The molecule has 0 saturated carbocycles. The lowest BCUT2D eigenvalue weighted by Crippen LogP contribution is -2.30. The fraction of sp³-hybridized carbons (Fsp3) is 0.949. The van der Waals surface area contributed by atoms with Crippen molar-refractivity contribution in [3.8, 4) is 0 Å². The van der Waals surface area contributed by atoms with Gasteiger partial charge in [0.1, 0.15) is 13.2 Å². The van der Waals surface area contributed by atoms with E-state index in [4.69, 9.17) is 14.2 Å². The molecule has 0 aromatic heterocycles. The summed E-state index contributed by atoms with van der Waals surface area (Å²) in [5, 5.41) is 0. The van der Waals surface area contributed by atoms with Crippen LogP contribution in [0.2, 0.25) is 0 Å². The zero-order valence-electron chi connectivity index (χ0n) is 44.6. The molecule has 0 aromatic rings. The lowest BCUT2D eigenvalue weighted by molar-refractivity contribution is -0.167. The number of rotatable bonds is 53. The Labute approximate surface area is 406 Å². The zero-order chi connectivity index (χ0) is 47.5. The van der Waals surface area contributed by atoms with Gasteiger partial charge in [-0.25, -0.2) is 0 Å². The molecule has 0 aliphatic heterocycles. The first-order valence-corrected chi connectivity index (χ1v) is 29.2. The van der Waals surface area contributed by atoms with Gasteiger partial charge < -0.3 is 14.2 Å². The average Bonchev–Trinajstić information content (AvgIpc) is 3.28. The van der Waals surface area contributed by atoms with E-state index in [0.29, 0.717) is 19.3 Å². The van der Waals surface area contributed by atoms with Crippen molar-refractivity contribution in [2.75, 3.05) is 13.2 Å². The maximum atomic E-state index is 12.9. The van der Waals surface area contributed by atoms with Crippen LogP contribution in [0.4, 0.5) is 0 Å². The van der Waals surface area contributed by atoms with Crippen LogP contribution in [0.15, 0.2) is 0 Å². The fourth-order valence-electron chi connectivity index (χ4n) is 9.05. The normalized spacial score (nSPS) is 12.0. The molecule has 0 amide bonds. The minimum atomic E-state index is -0.763. The van der Waals surface area contributed by atoms with Crippen molar-refractivity contribution >= 4 is 17.9 Å². The van der Waals surface area contributed by atoms with Gasteiger partial charge in [-0.2, -0.15) is 0 Å². The molecular weight excluding hydrogens is 805 g/mol. The quantitative estimate of drug-likeness (QED) is 0.0344. The predicted molar refractivity (Wildman–Crippen MR) is 280 cm³/mol. The van der Waals surface area contributed by atoms with Gasteiger partial charge in [0, 0.05) is 19.3 Å². The van der Waals surface area contributed by atoms with Crippen LogP contribution >= 0.6 is 0 Å². The van der Waals surface area contributed by atoms with Crippen molar-refractivity contribution in [3.05, 3.63) is 0 Å². The molecule has 6 nitrogen and oxygen atoms in total. The molecule has 0 unspecified atom stereocenters. The van der Waals surface area contributed by atoms with Gasteiger partial charge in [0.2, 0.25) is 0 Å². The van der Waals surface area contributed by atoms with Crippen molar-refractivity contribution in [1.29, 1.82) is 0 Å². The molecule has 0 N–H and O–H groups in total. The van der Waals surface area contributed by atoms with Gasteiger partial charge in [-0.1, -0.05) is 291 Å². The Morgan fingerprint density at radius 3 is 0.754 bits per heavy atom. The summed E-state index contributed by atoms with van der Waals surface area (Å²) in [5.41, 5.74) is 0. The molecule has 0 aliphatic rings. The maximum Gasteiger partial charge on any atom is 0.306 e. The van der Waals surface area contributed by atoms with Crippen LogP contribution in [0.3, 0.4) is 0 Å². The molecule has 0 heterocycles. The number of carbonyl (C=O) groups excluding carboxylic acids is 3. The summed E-state index contributed by atoms with van der Waals surface area (Å²) < 4.78 is 16.9. The molecule has 1 atom stereocenters. The zero-order valence-corrected chi connectivity index (χ0v) is 44.6. The van der Waals surface area contributed by atoms with Crippen molar-refractivity contribution in [2.24, 2.45) is 11.8 Å². The van der Waals surface area contributed by atoms with E-state index in [2.05, 4.69) is 34.6 Å². The number of ether oxygens (including phenoxy) is 3. The summed E-state index contributed by atoms with van der Waals surface area (Å²) in [6.45, 7) is 11.4. The lowest BCUT2D eigenvalue weighted by atomic mass is 10.0. The molecule has 0 aliphatic carbocycles. The Balaban J connectivity index is 4.29. The van der Waals surface area contributed by atoms with Gasteiger partial charge in [0.15, 0.2) is 6.10 Å². The first-order chi connectivity index (χ1) is 31.7. The minimum Gasteiger partial charge on any atom is -0.462 e. The van der Waals surface area contributed by atoms with E-state index < -0.39 is 6.10 Å². The SMILES string of the molecule is CCCCCCCCCCCCCCCCCCC(=O)OC[C@@H](COC(=O)CCCCCCCCCCCCC(C)C)OC(=O)CCCCCCCCCCCCCCCCCC(C)C. The highest BCUT2D eigenvalue weighted by Crippen LogP contribution is 2.18. The Bertz CT molecular complexity index is 993. The van der Waals surface area contributed by atoms with Crippen LogP contribution in [0.25, 0.3) is 0 Å².